The number of nitrogens with two attached hydrogens (primary N) is 6. The fourth-order valence-electron chi connectivity index (χ4n) is 0. The summed E-state index contributed by atoms with van der Waals surface area (Å²) < 4.78 is 55.2. The Kier molecular flexibility index (Phi) is 9.47. The van der Waals surface area contributed by atoms with Gasteiger partial charge in [0, 0.05) is 0 Å². The molecule has 0 aliphatic rings. The van der Waals surface area contributed by atoms with Gasteiger partial charge in [-0.1, -0.05) is 0 Å². The monoisotopic (exact) mass is 280 g/mol. The van der Waals surface area contributed by atoms with Gasteiger partial charge in [-0.25, -0.2) is 16.8 Å². The third-order valence-electron chi connectivity index (χ3n) is 0.250. The SMILES string of the molecule is NC(N)=[NH2+].NC(N)=[NH2+].O=S(=O)([O-])S(=O)(=O)[O-]. The Balaban J connectivity index is -0.000000179. The van der Waals surface area contributed by atoms with Gasteiger partial charge in [0.05, 0.1) is 0 Å². The summed E-state index contributed by atoms with van der Waals surface area (Å²) in [6, 6.07) is 0. The average molecular weight is 280 g/mol. The quantitative estimate of drug-likeness (QED) is 0.114. The molecule has 0 atom stereocenters. The highest BCUT2D eigenvalue weighted by molar-refractivity contribution is 8.62. The summed E-state index contributed by atoms with van der Waals surface area (Å²) in [7, 11) is -11.3. The summed E-state index contributed by atoms with van der Waals surface area (Å²) in [6.45, 7) is 0. The van der Waals surface area contributed by atoms with E-state index in [4.69, 9.17) is 0 Å². The van der Waals surface area contributed by atoms with E-state index < -0.39 is 18.3 Å². The summed E-state index contributed by atoms with van der Waals surface area (Å²) in [4.78, 5) is 0. The lowest BCUT2D eigenvalue weighted by atomic mass is 11.1. The Morgan fingerprint density at radius 2 is 0.812 bits per heavy atom. The van der Waals surface area contributed by atoms with Gasteiger partial charge >= 0.3 is 11.9 Å². The number of guanidine groups is 2. The van der Waals surface area contributed by atoms with Gasteiger partial charge in [0.15, 0.2) is 18.3 Å². The fraction of sp³-hybridized carbons (Fsp3) is 0. The second-order valence-corrected chi connectivity index (χ2v) is 5.90. The maximum Gasteiger partial charge on any atom is 0.336 e. The summed E-state index contributed by atoms with van der Waals surface area (Å²) >= 11 is 0. The highest BCUT2D eigenvalue weighted by atomic mass is 33.2. The van der Waals surface area contributed by atoms with Gasteiger partial charge in [0.25, 0.3) is 0 Å². The maximum atomic E-state index is 9.20. The molecule has 0 aliphatic heterocycles. The van der Waals surface area contributed by atoms with E-state index in [1.807, 2.05) is 0 Å². The van der Waals surface area contributed by atoms with Crippen molar-refractivity contribution in [1.82, 2.24) is 0 Å². The van der Waals surface area contributed by atoms with Crippen LogP contribution in [0.4, 0.5) is 0 Å². The van der Waals surface area contributed by atoms with E-state index in [0.29, 0.717) is 0 Å². The van der Waals surface area contributed by atoms with Crippen LogP contribution in [0.2, 0.25) is 0 Å². The molecular weight excluding hydrogens is 268 g/mol. The summed E-state index contributed by atoms with van der Waals surface area (Å²) in [5.74, 6) is -0.167. The molecule has 0 fully saturated rings. The zero-order valence-electron chi connectivity index (χ0n) is 7.73. The summed E-state index contributed by atoms with van der Waals surface area (Å²) in [6.07, 6.45) is 0. The fourth-order valence-corrected chi connectivity index (χ4v) is 0. The van der Waals surface area contributed by atoms with Crippen LogP contribution in [0.1, 0.15) is 0 Å². The van der Waals surface area contributed by atoms with E-state index in [0.717, 1.165) is 0 Å². The van der Waals surface area contributed by atoms with Crippen molar-refractivity contribution < 1.29 is 36.8 Å². The van der Waals surface area contributed by atoms with Crippen LogP contribution >= 0.6 is 0 Å². The minimum absolute atomic E-state index is 0.0833. The second kappa shape index (κ2) is 7.63. The molecule has 98 valence electrons. The van der Waals surface area contributed by atoms with E-state index >= 15 is 0 Å². The van der Waals surface area contributed by atoms with Gasteiger partial charge in [-0.05, 0) is 0 Å². The molecule has 0 aromatic heterocycles. The van der Waals surface area contributed by atoms with E-state index in [1.54, 1.807) is 0 Å². The number of hydrogen-bond acceptors (Lipinski definition) is 6. The Morgan fingerprint density at radius 1 is 0.750 bits per heavy atom. The van der Waals surface area contributed by atoms with Crippen molar-refractivity contribution in [3.8, 4) is 0 Å². The van der Waals surface area contributed by atoms with Crippen molar-refractivity contribution >= 4 is 30.2 Å². The summed E-state index contributed by atoms with van der Waals surface area (Å²) in [5, 5.41) is 9.17. The van der Waals surface area contributed by atoms with Crippen molar-refractivity contribution in [1.29, 1.82) is 0 Å². The third-order valence-corrected chi connectivity index (χ3v) is 2.25. The lowest BCUT2D eigenvalue weighted by molar-refractivity contribution is -0.117. The van der Waals surface area contributed by atoms with Crippen LogP contribution in [0.5, 0.6) is 0 Å². The molecule has 0 saturated heterocycles. The molecule has 0 aromatic carbocycles. The zero-order chi connectivity index (χ0) is 14.2. The van der Waals surface area contributed by atoms with E-state index in [1.165, 1.54) is 0 Å². The van der Waals surface area contributed by atoms with Crippen LogP contribution in [-0.2, 0) is 18.3 Å². The average Bonchev–Trinajstić information content (AvgIpc) is 1.76. The van der Waals surface area contributed by atoms with Crippen molar-refractivity contribution in [2.45, 2.75) is 0 Å². The Bertz CT molecular complexity index is 372. The van der Waals surface area contributed by atoms with Crippen LogP contribution < -0.4 is 33.8 Å². The van der Waals surface area contributed by atoms with Gasteiger partial charge < -0.3 is 9.11 Å². The van der Waals surface area contributed by atoms with E-state index in [-0.39, 0.29) is 11.9 Å². The minimum Gasteiger partial charge on any atom is -0.736 e. The highest BCUT2D eigenvalue weighted by Crippen LogP contribution is 1.90. The van der Waals surface area contributed by atoms with Crippen LogP contribution in [0.15, 0.2) is 0 Å². The maximum absolute atomic E-state index is 9.20. The van der Waals surface area contributed by atoms with Gasteiger partial charge in [0.1, 0.15) is 0 Å². The van der Waals surface area contributed by atoms with Crippen molar-refractivity contribution in [3.05, 3.63) is 0 Å². The molecule has 0 radical (unpaired) electrons. The number of rotatable bonds is 1. The molecule has 0 saturated carbocycles. The minimum atomic E-state index is -5.67. The number of hydrogen-bond donors (Lipinski definition) is 6. The highest BCUT2D eigenvalue weighted by Gasteiger charge is 2.01. The molecule has 0 heterocycles. The van der Waals surface area contributed by atoms with E-state index in [9.17, 15) is 25.9 Å². The van der Waals surface area contributed by atoms with Crippen molar-refractivity contribution in [3.63, 3.8) is 0 Å². The lowest BCUT2D eigenvalue weighted by Crippen LogP contribution is -2.51. The molecule has 0 aliphatic carbocycles. The predicted molar refractivity (Wildman–Crippen MR) is 50.0 cm³/mol. The van der Waals surface area contributed by atoms with Crippen molar-refractivity contribution in [2.75, 3.05) is 0 Å². The molecule has 12 N–H and O–H groups in total. The lowest BCUT2D eigenvalue weighted by Gasteiger charge is -2.09. The van der Waals surface area contributed by atoms with Gasteiger partial charge in [0.2, 0.25) is 0 Å². The molecule has 0 bridgehead atoms. The third kappa shape index (κ3) is 29.4. The molecule has 14 heteroatoms. The normalized spacial score (nSPS) is 9.88. The first-order valence-electron chi connectivity index (χ1n) is 2.90. The molecule has 12 nitrogen and oxygen atoms in total. The van der Waals surface area contributed by atoms with Gasteiger partial charge in [-0.2, -0.15) is 0 Å². The Hall–Kier alpha value is -1.64. The van der Waals surface area contributed by atoms with Crippen LogP contribution in [0.25, 0.3) is 0 Å². The molecule has 0 unspecified atom stereocenters. The van der Waals surface area contributed by atoms with Crippen LogP contribution in [-0.4, -0.2) is 37.9 Å². The smallest absolute Gasteiger partial charge is 0.336 e. The molecule has 16 heavy (non-hydrogen) atoms. The first-order valence-corrected chi connectivity index (χ1v) is 6.23. The zero-order valence-corrected chi connectivity index (χ0v) is 9.36. The van der Waals surface area contributed by atoms with Crippen LogP contribution in [0.3, 0.4) is 0 Å². The molecule has 0 rings (SSSR count). The van der Waals surface area contributed by atoms with Gasteiger partial charge in [-0.3, -0.25) is 33.8 Å². The standard InChI is InChI=1S/2CH5N3.H2O6S2/c2*2-1(3)4;1-7(2,3)8(4,5)6/h2*(H5,2,3,4);(H,1,2,3)(H,4,5,6). The first-order chi connectivity index (χ1) is 6.71. The first kappa shape index (κ1) is 19.9. The second-order valence-electron chi connectivity index (χ2n) is 1.82. The molecule has 0 spiro atoms. The molecule has 0 aromatic rings. The van der Waals surface area contributed by atoms with Crippen molar-refractivity contribution in [2.24, 2.45) is 22.9 Å². The largest absolute Gasteiger partial charge is 0.736 e. The topological polar surface area (TPSA) is 270 Å². The Morgan fingerprint density at radius 3 is 0.812 bits per heavy atom. The van der Waals surface area contributed by atoms with E-state index in [2.05, 4.69) is 33.8 Å². The Labute approximate surface area is 90.5 Å². The van der Waals surface area contributed by atoms with Crippen LogP contribution in [0, 0.1) is 0 Å². The van der Waals surface area contributed by atoms with Gasteiger partial charge in [-0.15, -0.1) is 0 Å². The summed E-state index contributed by atoms with van der Waals surface area (Å²) in [5.41, 5.74) is 18.3. The molecular formula is C2H12N6O6S2. The predicted octanol–water partition coefficient (Wildman–Crippen LogP) is -7.97. The molecule has 0 amide bonds.